The summed E-state index contributed by atoms with van der Waals surface area (Å²) in [5.41, 5.74) is 8.39. The van der Waals surface area contributed by atoms with Crippen molar-refractivity contribution in [2.45, 2.75) is 58.1 Å². The quantitative estimate of drug-likeness (QED) is 0.863. The summed E-state index contributed by atoms with van der Waals surface area (Å²) < 4.78 is 6.12. The zero-order valence-corrected chi connectivity index (χ0v) is 10.9. The van der Waals surface area contributed by atoms with Crippen LogP contribution < -0.4 is 10.5 Å². The highest BCUT2D eigenvalue weighted by Crippen LogP contribution is 2.29. The van der Waals surface area contributed by atoms with Crippen molar-refractivity contribution in [2.75, 3.05) is 0 Å². The van der Waals surface area contributed by atoms with Gasteiger partial charge in [0.2, 0.25) is 0 Å². The number of nitrogens with two attached hydrogens (primary N) is 1. The summed E-state index contributed by atoms with van der Waals surface area (Å²) in [6.07, 6.45) is 6.71. The maximum Gasteiger partial charge on any atom is 0.124 e. The highest BCUT2D eigenvalue weighted by Gasteiger charge is 2.17. The molecule has 0 heterocycles. The maximum absolute atomic E-state index is 6.12. The molecule has 1 atom stereocenters. The Morgan fingerprint density at radius 3 is 2.59 bits per heavy atom. The van der Waals surface area contributed by atoms with E-state index >= 15 is 0 Å². The first kappa shape index (κ1) is 12.4. The van der Waals surface area contributed by atoms with Gasteiger partial charge in [0.15, 0.2) is 0 Å². The lowest BCUT2D eigenvalue weighted by atomic mass is 9.97. The van der Waals surface area contributed by atoms with Crippen molar-refractivity contribution in [3.63, 3.8) is 0 Å². The molecule has 1 saturated carbocycles. The third kappa shape index (κ3) is 3.22. The first-order valence-corrected chi connectivity index (χ1v) is 6.69. The molecule has 17 heavy (non-hydrogen) atoms. The second-order valence-electron chi connectivity index (χ2n) is 5.21. The Hall–Kier alpha value is -1.02. The standard InChI is InChI=1S/C15H23NO/c1-11-8-9-15(14(10-11)12(2)16)17-13-6-4-3-5-7-13/h8-10,12-13H,3-7,16H2,1-2H3. The lowest BCUT2D eigenvalue weighted by Crippen LogP contribution is -2.21. The molecule has 0 aliphatic heterocycles. The van der Waals surface area contributed by atoms with Crippen molar-refractivity contribution >= 4 is 0 Å². The number of hydrogen-bond acceptors (Lipinski definition) is 2. The van der Waals surface area contributed by atoms with E-state index in [0.717, 1.165) is 11.3 Å². The number of ether oxygens (including phenoxy) is 1. The zero-order chi connectivity index (χ0) is 12.3. The Balaban J connectivity index is 2.13. The summed E-state index contributed by atoms with van der Waals surface area (Å²) in [5.74, 6) is 0.984. The number of benzene rings is 1. The summed E-state index contributed by atoms with van der Waals surface area (Å²) in [6.45, 7) is 4.11. The Bertz CT molecular complexity index is 367. The molecule has 0 aromatic heterocycles. The first-order valence-electron chi connectivity index (χ1n) is 6.69. The van der Waals surface area contributed by atoms with Gasteiger partial charge >= 0.3 is 0 Å². The zero-order valence-electron chi connectivity index (χ0n) is 10.9. The van der Waals surface area contributed by atoms with Gasteiger partial charge in [-0.15, -0.1) is 0 Å². The van der Waals surface area contributed by atoms with Crippen LogP contribution in [0.15, 0.2) is 18.2 Å². The summed E-state index contributed by atoms with van der Waals surface area (Å²) in [5, 5.41) is 0. The molecule has 1 aromatic rings. The molecular weight excluding hydrogens is 210 g/mol. The number of aryl methyl sites for hydroxylation is 1. The fourth-order valence-electron chi connectivity index (χ4n) is 2.49. The summed E-state index contributed by atoms with van der Waals surface area (Å²) in [7, 11) is 0. The molecule has 0 saturated heterocycles. The maximum atomic E-state index is 6.12. The van der Waals surface area contributed by atoms with Gasteiger partial charge in [-0.1, -0.05) is 24.1 Å². The predicted molar refractivity (Wildman–Crippen MR) is 71.3 cm³/mol. The van der Waals surface area contributed by atoms with Gasteiger partial charge in [-0.3, -0.25) is 0 Å². The Kier molecular flexibility index (Phi) is 4.06. The van der Waals surface area contributed by atoms with Crippen molar-refractivity contribution in [1.82, 2.24) is 0 Å². The molecular formula is C15H23NO. The van der Waals surface area contributed by atoms with Crippen molar-refractivity contribution in [1.29, 1.82) is 0 Å². The average molecular weight is 233 g/mol. The van der Waals surface area contributed by atoms with Crippen LogP contribution in [-0.4, -0.2) is 6.10 Å². The van der Waals surface area contributed by atoms with Gasteiger partial charge in [0.25, 0.3) is 0 Å². The normalized spacial score (nSPS) is 19.0. The molecule has 1 fully saturated rings. The highest BCUT2D eigenvalue weighted by atomic mass is 16.5. The average Bonchev–Trinajstić information content (AvgIpc) is 2.32. The van der Waals surface area contributed by atoms with Crippen LogP contribution in [0.5, 0.6) is 5.75 Å². The van der Waals surface area contributed by atoms with Gasteiger partial charge in [0.1, 0.15) is 5.75 Å². The van der Waals surface area contributed by atoms with Crippen LogP contribution in [0.1, 0.15) is 56.2 Å². The summed E-state index contributed by atoms with van der Waals surface area (Å²) >= 11 is 0. The molecule has 2 N–H and O–H groups in total. The van der Waals surface area contributed by atoms with Crippen molar-refractivity contribution in [2.24, 2.45) is 5.73 Å². The molecule has 1 aliphatic carbocycles. The van der Waals surface area contributed by atoms with E-state index < -0.39 is 0 Å². The fourth-order valence-corrected chi connectivity index (χ4v) is 2.49. The van der Waals surface area contributed by atoms with Gasteiger partial charge in [-0.2, -0.15) is 0 Å². The third-order valence-electron chi connectivity index (χ3n) is 3.50. The second kappa shape index (κ2) is 5.54. The molecule has 2 heteroatoms. The van der Waals surface area contributed by atoms with E-state index in [1.165, 1.54) is 37.7 Å². The molecule has 1 aromatic carbocycles. The minimum Gasteiger partial charge on any atom is -0.490 e. The molecule has 2 nitrogen and oxygen atoms in total. The number of rotatable bonds is 3. The van der Waals surface area contributed by atoms with Gasteiger partial charge < -0.3 is 10.5 Å². The molecule has 1 unspecified atom stereocenters. The first-order chi connectivity index (χ1) is 8.16. The monoisotopic (exact) mass is 233 g/mol. The topological polar surface area (TPSA) is 35.2 Å². The van der Waals surface area contributed by atoms with E-state index in [1.807, 2.05) is 6.92 Å². The SMILES string of the molecule is Cc1ccc(OC2CCCCC2)c(C(C)N)c1. The van der Waals surface area contributed by atoms with E-state index in [4.69, 9.17) is 10.5 Å². The minimum atomic E-state index is 0.0356. The van der Waals surface area contributed by atoms with Gasteiger partial charge in [0, 0.05) is 11.6 Å². The van der Waals surface area contributed by atoms with Crippen molar-refractivity contribution in [3.05, 3.63) is 29.3 Å². The molecule has 94 valence electrons. The summed E-state index contributed by atoms with van der Waals surface area (Å²) in [6, 6.07) is 6.35. The van der Waals surface area contributed by atoms with E-state index in [1.54, 1.807) is 0 Å². The van der Waals surface area contributed by atoms with Crippen LogP contribution in [0.25, 0.3) is 0 Å². The fraction of sp³-hybridized carbons (Fsp3) is 0.600. The largest absolute Gasteiger partial charge is 0.490 e. The van der Waals surface area contributed by atoms with Crippen LogP contribution >= 0.6 is 0 Å². The Morgan fingerprint density at radius 2 is 1.94 bits per heavy atom. The predicted octanol–water partition coefficient (Wildman–Crippen LogP) is 3.73. The summed E-state index contributed by atoms with van der Waals surface area (Å²) in [4.78, 5) is 0. The molecule has 2 rings (SSSR count). The third-order valence-corrected chi connectivity index (χ3v) is 3.50. The molecule has 0 spiro atoms. The molecule has 1 aliphatic rings. The Labute approximate surface area is 104 Å². The Morgan fingerprint density at radius 1 is 1.24 bits per heavy atom. The van der Waals surface area contributed by atoms with Crippen LogP contribution in [0.2, 0.25) is 0 Å². The lowest BCUT2D eigenvalue weighted by molar-refractivity contribution is 0.153. The highest BCUT2D eigenvalue weighted by molar-refractivity contribution is 5.38. The van der Waals surface area contributed by atoms with E-state index in [2.05, 4.69) is 25.1 Å². The van der Waals surface area contributed by atoms with Gasteiger partial charge in [-0.25, -0.2) is 0 Å². The van der Waals surface area contributed by atoms with Crippen LogP contribution in [-0.2, 0) is 0 Å². The van der Waals surface area contributed by atoms with E-state index in [0.29, 0.717) is 6.10 Å². The van der Waals surface area contributed by atoms with E-state index in [9.17, 15) is 0 Å². The van der Waals surface area contributed by atoms with E-state index in [-0.39, 0.29) is 6.04 Å². The molecule has 0 bridgehead atoms. The van der Waals surface area contributed by atoms with Crippen LogP contribution in [0.3, 0.4) is 0 Å². The minimum absolute atomic E-state index is 0.0356. The lowest BCUT2D eigenvalue weighted by Gasteiger charge is -2.25. The van der Waals surface area contributed by atoms with Gasteiger partial charge in [-0.05, 0) is 45.6 Å². The number of hydrogen-bond donors (Lipinski definition) is 1. The van der Waals surface area contributed by atoms with Crippen LogP contribution in [0.4, 0.5) is 0 Å². The van der Waals surface area contributed by atoms with Gasteiger partial charge in [0.05, 0.1) is 6.10 Å². The molecule has 0 radical (unpaired) electrons. The van der Waals surface area contributed by atoms with Crippen LogP contribution in [0, 0.1) is 6.92 Å². The second-order valence-corrected chi connectivity index (χ2v) is 5.21. The molecule has 0 amide bonds. The van der Waals surface area contributed by atoms with Crippen molar-refractivity contribution in [3.8, 4) is 5.75 Å². The smallest absolute Gasteiger partial charge is 0.124 e. The van der Waals surface area contributed by atoms with Crippen molar-refractivity contribution < 1.29 is 4.74 Å².